The third-order valence-corrected chi connectivity index (χ3v) is 6.84. The first-order valence-corrected chi connectivity index (χ1v) is 10.3. The summed E-state index contributed by atoms with van der Waals surface area (Å²) in [5.74, 6) is 1.21. The summed E-state index contributed by atoms with van der Waals surface area (Å²) >= 11 is 0. The molecule has 0 aromatic carbocycles. The van der Waals surface area contributed by atoms with Crippen LogP contribution in [-0.2, 0) is 14.2 Å². The summed E-state index contributed by atoms with van der Waals surface area (Å²) in [5.41, 5.74) is 0. The second-order valence-electron chi connectivity index (χ2n) is 8.69. The minimum atomic E-state index is -0.155. The molecule has 0 aromatic rings. The van der Waals surface area contributed by atoms with Crippen LogP contribution < -0.4 is 0 Å². The maximum atomic E-state index is 9.85. The van der Waals surface area contributed by atoms with Crippen LogP contribution in [0.3, 0.4) is 0 Å². The minimum Gasteiger partial charge on any atom is -0.394 e. The normalized spacial score (nSPS) is 49.0. The van der Waals surface area contributed by atoms with Crippen LogP contribution in [0.4, 0.5) is 0 Å². The first-order valence-electron chi connectivity index (χ1n) is 10.3. The van der Waals surface area contributed by atoms with Crippen molar-refractivity contribution in [2.24, 2.45) is 23.7 Å². The summed E-state index contributed by atoms with van der Waals surface area (Å²) in [7, 11) is 6.21. The summed E-state index contributed by atoms with van der Waals surface area (Å²) < 4.78 is 17.8. The number of hydrogen-bond acceptors (Lipinski definition) is 6. The lowest BCUT2D eigenvalue weighted by Gasteiger charge is -2.30. The van der Waals surface area contributed by atoms with E-state index in [9.17, 15) is 15.3 Å². The topological polar surface area (TPSA) is 88.4 Å². The Hall–Kier alpha value is -0.0452. The van der Waals surface area contributed by atoms with Crippen LogP contribution >= 0.6 is 0 Å². The van der Waals surface area contributed by atoms with E-state index in [1.165, 1.54) is 0 Å². The van der Waals surface area contributed by atoms with Crippen molar-refractivity contribution in [3.63, 3.8) is 0 Å². The SMILES string of the molecule is BC1CC(CC2C(B)OC(CO)C2CC2CC(B)OC2CO)C(CO)O1. The second kappa shape index (κ2) is 8.97. The molecule has 0 radical (unpaired) electrons. The molecule has 6 nitrogen and oxygen atoms in total. The summed E-state index contributed by atoms with van der Waals surface area (Å²) in [5, 5.41) is 29.1. The average Bonchev–Trinajstić information content (AvgIpc) is 3.25. The molecule has 26 heavy (non-hydrogen) atoms. The maximum absolute atomic E-state index is 9.85. The highest BCUT2D eigenvalue weighted by Gasteiger charge is 2.47. The van der Waals surface area contributed by atoms with Crippen molar-refractivity contribution in [1.82, 2.24) is 0 Å². The molecule has 3 rings (SSSR count). The van der Waals surface area contributed by atoms with E-state index in [1.807, 2.05) is 0 Å². The smallest absolute Gasteiger partial charge is 0.139 e. The van der Waals surface area contributed by atoms with Crippen molar-refractivity contribution in [2.75, 3.05) is 19.8 Å². The molecule has 0 amide bonds. The summed E-state index contributed by atoms with van der Waals surface area (Å²) in [4.78, 5) is 0. The van der Waals surface area contributed by atoms with Gasteiger partial charge in [-0.15, -0.1) is 0 Å². The standard InChI is InChI=1S/C17H33B3O6/c18-15-3-8(12(5-21)24-15)1-10-11(17(20)26-14(10)7-23)2-9-4-16(19)25-13(9)6-22/h8-17,21-23H,1-7,18-20H2. The summed E-state index contributed by atoms with van der Waals surface area (Å²) in [6, 6.07) is 0.440. The third-order valence-electron chi connectivity index (χ3n) is 6.84. The highest BCUT2D eigenvalue weighted by Crippen LogP contribution is 2.44. The van der Waals surface area contributed by atoms with Crippen molar-refractivity contribution in [3.8, 4) is 0 Å². The Kier molecular flexibility index (Phi) is 7.14. The van der Waals surface area contributed by atoms with Crippen molar-refractivity contribution >= 4 is 23.5 Å². The van der Waals surface area contributed by atoms with Gasteiger partial charge in [0.15, 0.2) is 0 Å². The van der Waals surface area contributed by atoms with Gasteiger partial charge in [0, 0.05) is 18.0 Å². The van der Waals surface area contributed by atoms with Gasteiger partial charge in [-0.25, -0.2) is 0 Å². The molecule has 0 aromatic heterocycles. The zero-order valence-electron chi connectivity index (χ0n) is 16.3. The maximum Gasteiger partial charge on any atom is 0.139 e. The van der Waals surface area contributed by atoms with E-state index in [0.717, 1.165) is 25.7 Å². The van der Waals surface area contributed by atoms with Gasteiger partial charge in [-0.3, -0.25) is 0 Å². The largest absolute Gasteiger partial charge is 0.394 e. The highest BCUT2D eigenvalue weighted by molar-refractivity contribution is 6.11. The monoisotopic (exact) mass is 366 g/mol. The van der Waals surface area contributed by atoms with Gasteiger partial charge in [0.2, 0.25) is 0 Å². The molecule has 0 spiro atoms. The minimum absolute atomic E-state index is 0.0272. The molecule has 10 unspecified atom stereocenters. The van der Waals surface area contributed by atoms with E-state index in [2.05, 4.69) is 23.5 Å². The molecule has 3 saturated heterocycles. The lowest BCUT2D eigenvalue weighted by atomic mass is 9.69. The van der Waals surface area contributed by atoms with Gasteiger partial charge < -0.3 is 29.5 Å². The van der Waals surface area contributed by atoms with Crippen molar-refractivity contribution in [3.05, 3.63) is 0 Å². The Morgan fingerprint density at radius 3 is 1.58 bits per heavy atom. The Morgan fingerprint density at radius 1 is 0.654 bits per heavy atom. The average molecular weight is 366 g/mol. The number of aliphatic hydroxyl groups excluding tert-OH is 3. The van der Waals surface area contributed by atoms with Gasteiger partial charge >= 0.3 is 0 Å². The molecule has 10 atom stereocenters. The Balaban J connectivity index is 1.70. The zero-order valence-corrected chi connectivity index (χ0v) is 16.3. The first-order chi connectivity index (χ1) is 12.5. The van der Waals surface area contributed by atoms with E-state index < -0.39 is 0 Å². The molecule has 146 valence electrons. The molecule has 3 heterocycles. The fraction of sp³-hybridized carbons (Fsp3) is 1.00. The van der Waals surface area contributed by atoms with E-state index in [0.29, 0.717) is 17.8 Å². The zero-order chi connectivity index (χ0) is 18.8. The molecule has 3 N–H and O–H groups in total. The van der Waals surface area contributed by atoms with Crippen LogP contribution in [-0.4, -0.2) is 95.0 Å². The van der Waals surface area contributed by atoms with Crippen LogP contribution in [0.1, 0.15) is 25.7 Å². The Bertz CT molecular complexity index is 458. The van der Waals surface area contributed by atoms with E-state index in [-0.39, 0.29) is 62.1 Å². The number of rotatable bonds is 7. The molecular formula is C17H33B3O6. The molecule has 3 aliphatic rings. The molecule has 3 fully saturated rings. The van der Waals surface area contributed by atoms with Crippen molar-refractivity contribution < 1.29 is 29.5 Å². The lowest BCUT2D eigenvalue weighted by molar-refractivity contribution is 0.00582. The quantitative estimate of drug-likeness (QED) is 0.418. The molecular weight excluding hydrogens is 333 g/mol. The number of ether oxygens (including phenoxy) is 3. The van der Waals surface area contributed by atoms with Gasteiger partial charge in [-0.05, 0) is 49.4 Å². The first kappa shape index (κ1) is 20.7. The fourth-order valence-electron chi connectivity index (χ4n) is 5.64. The fourth-order valence-corrected chi connectivity index (χ4v) is 5.64. The molecule has 0 bridgehead atoms. The number of hydrogen-bond donors (Lipinski definition) is 3. The van der Waals surface area contributed by atoms with Gasteiger partial charge in [0.05, 0.1) is 38.1 Å². The van der Waals surface area contributed by atoms with Crippen molar-refractivity contribution in [1.29, 1.82) is 0 Å². The second-order valence-corrected chi connectivity index (χ2v) is 8.69. The van der Waals surface area contributed by atoms with Crippen LogP contribution in [0.15, 0.2) is 0 Å². The molecule has 0 saturated carbocycles. The summed E-state index contributed by atoms with van der Waals surface area (Å²) in [6.45, 7) is 0.137. The van der Waals surface area contributed by atoms with Crippen LogP contribution in [0.25, 0.3) is 0 Å². The number of aliphatic hydroxyl groups is 3. The highest BCUT2D eigenvalue weighted by atomic mass is 16.5. The van der Waals surface area contributed by atoms with Gasteiger partial charge in [0.25, 0.3) is 0 Å². The predicted molar refractivity (Wildman–Crippen MR) is 105 cm³/mol. The molecule has 3 aliphatic heterocycles. The van der Waals surface area contributed by atoms with E-state index >= 15 is 0 Å². The lowest BCUT2D eigenvalue weighted by Crippen LogP contribution is -2.33. The van der Waals surface area contributed by atoms with Crippen LogP contribution in [0, 0.1) is 23.7 Å². The summed E-state index contributed by atoms with van der Waals surface area (Å²) in [6.07, 6.45) is 3.41. The molecule has 9 heteroatoms. The van der Waals surface area contributed by atoms with Crippen LogP contribution in [0.2, 0.25) is 0 Å². The van der Waals surface area contributed by atoms with Gasteiger partial charge in [-0.1, -0.05) is 0 Å². The Morgan fingerprint density at radius 2 is 1.12 bits per heavy atom. The predicted octanol–water partition coefficient (Wildman–Crippen LogP) is -2.94. The van der Waals surface area contributed by atoms with Gasteiger partial charge in [-0.2, -0.15) is 0 Å². The van der Waals surface area contributed by atoms with E-state index in [1.54, 1.807) is 0 Å². The van der Waals surface area contributed by atoms with E-state index in [4.69, 9.17) is 14.2 Å². The van der Waals surface area contributed by atoms with Gasteiger partial charge in [0.1, 0.15) is 23.5 Å². The third kappa shape index (κ3) is 4.34. The van der Waals surface area contributed by atoms with Crippen molar-refractivity contribution in [2.45, 2.75) is 62.0 Å². The molecule has 0 aliphatic carbocycles. The Labute approximate surface area is 159 Å². The van der Waals surface area contributed by atoms with Crippen LogP contribution in [0.5, 0.6) is 0 Å².